The van der Waals surface area contributed by atoms with E-state index in [4.69, 9.17) is 0 Å². The van der Waals surface area contributed by atoms with Gasteiger partial charge < -0.3 is 10.2 Å². The van der Waals surface area contributed by atoms with Crippen LogP contribution in [0.15, 0.2) is 18.3 Å². The number of likely N-dealkylation sites (tertiary alicyclic amines) is 1. The molecule has 1 aromatic rings. The van der Waals surface area contributed by atoms with Gasteiger partial charge in [-0.25, -0.2) is 4.98 Å². The molecule has 4 heteroatoms. The molecule has 21 heavy (non-hydrogen) atoms. The van der Waals surface area contributed by atoms with Crippen LogP contribution in [0.1, 0.15) is 39.5 Å². The number of hydrogen-bond acceptors (Lipinski definition) is 4. The fourth-order valence-electron chi connectivity index (χ4n) is 3.39. The number of piperidine rings is 1. The Morgan fingerprint density at radius 3 is 2.57 bits per heavy atom. The lowest BCUT2D eigenvalue weighted by Crippen LogP contribution is -2.31. The number of hydrogen-bond donors (Lipinski definition) is 1. The molecule has 0 aliphatic carbocycles. The fourth-order valence-corrected chi connectivity index (χ4v) is 3.39. The van der Waals surface area contributed by atoms with Gasteiger partial charge in [0.05, 0.1) is 11.9 Å². The molecule has 1 N–H and O–H groups in total. The lowest BCUT2D eigenvalue weighted by atomic mass is 10.1. The summed E-state index contributed by atoms with van der Waals surface area (Å²) in [6, 6.07) is 5.57. The smallest absolute Gasteiger partial charge is 0.128 e. The lowest BCUT2D eigenvalue weighted by Gasteiger charge is -2.27. The Labute approximate surface area is 128 Å². The van der Waals surface area contributed by atoms with Crippen LogP contribution in [0.5, 0.6) is 0 Å². The maximum absolute atomic E-state index is 4.65. The van der Waals surface area contributed by atoms with Crippen LogP contribution in [0.4, 0.5) is 11.5 Å². The van der Waals surface area contributed by atoms with E-state index in [1.54, 1.807) is 0 Å². The van der Waals surface area contributed by atoms with Gasteiger partial charge in [0.25, 0.3) is 0 Å². The second-order valence-corrected chi connectivity index (χ2v) is 6.67. The highest BCUT2D eigenvalue weighted by Gasteiger charge is 2.24. The van der Waals surface area contributed by atoms with Crippen LogP contribution in [0.2, 0.25) is 0 Å². The Morgan fingerprint density at radius 1 is 1.14 bits per heavy atom. The molecule has 2 fully saturated rings. The van der Waals surface area contributed by atoms with Crippen molar-refractivity contribution in [3.63, 3.8) is 0 Å². The second kappa shape index (κ2) is 6.65. The summed E-state index contributed by atoms with van der Waals surface area (Å²) in [4.78, 5) is 9.59. The number of pyridine rings is 1. The number of nitrogens with zero attached hydrogens (tertiary/aromatic N) is 3. The monoisotopic (exact) mass is 288 g/mol. The zero-order valence-electron chi connectivity index (χ0n) is 13.4. The first-order chi connectivity index (χ1) is 10.2. The van der Waals surface area contributed by atoms with E-state index in [0.717, 1.165) is 31.1 Å². The van der Waals surface area contributed by atoms with Gasteiger partial charge in [-0.15, -0.1) is 0 Å². The summed E-state index contributed by atoms with van der Waals surface area (Å²) in [6.07, 6.45) is 7.20. The van der Waals surface area contributed by atoms with Crippen LogP contribution < -0.4 is 10.2 Å². The lowest BCUT2D eigenvalue weighted by molar-refractivity contribution is 0.274. The van der Waals surface area contributed by atoms with Crippen molar-refractivity contribution >= 4 is 11.5 Å². The van der Waals surface area contributed by atoms with Crippen molar-refractivity contribution in [1.82, 2.24) is 9.88 Å². The average molecular weight is 288 g/mol. The summed E-state index contributed by atoms with van der Waals surface area (Å²) in [5, 5.41) is 3.63. The van der Waals surface area contributed by atoms with E-state index in [0.29, 0.717) is 12.1 Å². The van der Waals surface area contributed by atoms with Crippen molar-refractivity contribution in [3.8, 4) is 0 Å². The molecule has 0 spiro atoms. The predicted molar refractivity (Wildman–Crippen MR) is 89.0 cm³/mol. The molecule has 116 valence electrons. The van der Waals surface area contributed by atoms with Crippen LogP contribution in [0.3, 0.4) is 0 Å². The highest BCUT2D eigenvalue weighted by molar-refractivity contribution is 5.49. The Hall–Kier alpha value is -1.29. The van der Waals surface area contributed by atoms with Gasteiger partial charge in [0.15, 0.2) is 0 Å². The number of aromatic nitrogens is 1. The van der Waals surface area contributed by atoms with Gasteiger partial charge in [-0.05, 0) is 51.7 Å². The Morgan fingerprint density at radius 2 is 1.95 bits per heavy atom. The summed E-state index contributed by atoms with van der Waals surface area (Å²) >= 11 is 0. The topological polar surface area (TPSA) is 31.4 Å². The van der Waals surface area contributed by atoms with E-state index >= 15 is 0 Å². The predicted octanol–water partition coefficient (Wildman–Crippen LogP) is 2.97. The average Bonchev–Trinajstić information content (AvgIpc) is 2.98. The minimum absolute atomic E-state index is 0.565. The Balaban J connectivity index is 1.55. The molecule has 2 aliphatic heterocycles. The first-order valence-electron chi connectivity index (χ1n) is 8.44. The molecule has 4 nitrogen and oxygen atoms in total. The quantitative estimate of drug-likeness (QED) is 0.923. The molecule has 0 saturated carbocycles. The molecular formula is C17H28N4. The highest BCUT2D eigenvalue weighted by atomic mass is 15.2. The van der Waals surface area contributed by atoms with E-state index in [-0.39, 0.29) is 0 Å². The normalized spacial score (nSPS) is 23.8. The maximum Gasteiger partial charge on any atom is 0.128 e. The van der Waals surface area contributed by atoms with E-state index in [1.807, 2.05) is 6.20 Å². The second-order valence-electron chi connectivity index (χ2n) is 6.67. The summed E-state index contributed by atoms with van der Waals surface area (Å²) in [5.74, 6) is 1.13. The SMILES string of the molecule is CC(C)N1CCC(Nc2ccc(N3CCCCC3)nc2)C1. The van der Waals surface area contributed by atoms with Crippen LogP contribution >= 0.6 is 0 Å². The van der Waals surface area contributed by atoms with E-state index < -0.39 is 0 Å². The molecule has 2 saturated heterocycles. The molecule has 1 aromatic heterocycles. The summed E-state index contributed by atoms with van der Waals surface area (Å²) in [6.45, 7) is 9.21. The molecule has 0 amide bonds. The van der Waals surface area contributed by atoms with Gasteiger partial charge in [0.2, 0.25) is 0 Å². The van der Waals surface area contributed by atoms with Crippen molar-refractivity contribution in [3.05, 3.63) is 18.3 Å². The van der Waals surface area contributed by atoms with Crippen LogP contribution in [0, 0.1) is 0 Å². The van der Waals surface area contributed by atoms with Gasteiger partial charge in [0, 0.05) is 38.3 Å². The number of rotatable bonds is 4. The molecule has 2 aliphatic rings. The molecule has 0 radical (unpaired) electrons. The van der Waals surface area contributed by atoms with Crippen LogP contribution in [-0.2, 0) is 0 Å². The van der Waals surface area contributed by atoms with Crippen molar-refractivity contribution in [2.75, 3.05) is 36.4 Å². The van der Waals surface area contributed by atoms with Gasteiger partial charge in [-0.3, -0.25) is 4.90 Å². The molecule has 3 rings (SSSR count). The first-order valence-corrected chi connectivity index (χ1v) is 8.44. The fraction of sp³-hybridized carbons (Fsp3) is 0.706. The maximum atomic E-state index is 4.65. The van der Waals surface area contributed by atoms with Crippen molar-refractivity contribution in [2.24, 2.45) is 0 Å². The van der Waals surface area contributed by atoms with E-state index in [1.165, 1.54) is 32.2 Å². The number of anilines is 2. The third kappa shape index (κ3) is 3.67. The molecule has 3 heterocycles. The van der Waals surface area contributed by atoms with Gasteiger partial charge in [-0.1, -0.05) is 0 Å². The highest BCUT2D eigenvalue weighted by Crippen LogP contribution is 2.21. The largest absolute Gasteiger partial charge is 0.380 e. The van der Waals surface area contributed by atoms with Crippen molar-refractivity contribution in [1.29, 1.82) is 0 Å². The Bertz CT molecular complexity index is 437. The van der Waals surface area contributed by atoms with Crippen LogP contribution in [-0.4, -0.2) is 48.1 Å². The molecule has 0 bridgehead atoms. The third-order valence-corrected chi connectivity index (χ3v) is 4.75. The van der Waals surface area contributed by atoms with Gasteiger partial charge >= 0.3 is 0 Å². The standard InChI is InChI=1S/C17H28N4/c1-14(2)21-11-8-16(13-21)19-15-6-7-17(18-12-15)20-9-4-3-5-10-20/h6-7,12,14,16,19H,3-5,8-11,13H2,1-2H3. The summed E-state index contributed by atoms with van der Waals surface area (Å²) < 4.78 is 0. The van der Waals surface area contributed by atoms with Gasteiger partial charge in [0.1, 0.15) is 5.82 Å². The molecular weight excluding hydrogens is 260 g/mol. The Kier molecular flexibility index (Phi) is 4.63. The van der Waals surface area contributed by atoms with Crippen molar-refractivity contribution < 1.29 is 0 Å². The molecule has 1 atom stereocenters. The minimum Gasteiger partial charge on any atom is -0.380 e. The van der Waals surface area contributed by atoms with E-state index in [9.17, 15) is 0 Å². The third-order valence-electron chi connectivity index (χ3n) is 4.75. The summed E-state index contributed by atoms with van der Waals surface area (Å²) in [5.41, 5.74) is 1.16. The zero-order chi connectivity index (χ0) is 14.7. The molecule has 0 aromatic carbocycles. The number of nitrogens with one attached hydrogen (secondary N) is 1. The molecule has 1 unspecified atom stereocenters. The zero-order valence-corrected chi connectivity index (χ0v) is 13.4. The minimum atomic E-state index is 0.565. The first kappa shape index (κ1) is 14.6. The van der Waals surface area contributed by atoms with Crippen LogP contribution in [0.25, 0.3) is 0 Å². The van der Waals surface area contributed by atoms with Crippen molar-refractivity contribution in [2.45, 2.75) is 51.6 Å². The van der Waals surface area contributed by atoms with E-state index in [2.05, 4.69) is 46.1 Å². The van der Waals surface area contributed by atoms with Gasteiger partial charge in [-0.2, -0.15) is 0 Å². The summed E-state index contributed by atoms with van der Waals surface area (Å²) in [7, 11) is 0.